The van der Waals surface area contributed by atoms with Gasteiger partial charge >= 0.3 is 0 Å². The number of nitrogen functional groups attached to an aromatic ring is 1. The Morgan fingerprint density at radius 3 is 2.29 bits per heavy atom. The third kappa shape index (κ3) is 6.98. The highest BCUT2D eigenvalue weighted by atomic mass is 32.2. The third-order valence-corrected chi connectivity index (χ3v) is 5.15. The van der Waals surface area contributed by atoms with Crippen molar-refractivity contribution in [3.05, 3.63) is 18.2 Å². The van der Waals surface area contributed by atoms with Crippen molar-refractivity contribution in [1.82, 2.24) is 0 Å². The summed E-state index contributed by atoms with van der Waals surface area (Å²) in [5.74, 6) is 1.40. The van der Waals surface area contributed by atoms with E-state index in [2.05, 4.69) is 6.92 Å². The van der Waals surface area contributed by atoms with E-state index in [1.54, 1.807) is 25.3 Å². The molecule has 120 valence electrons. The van der Waals surface area contributed by atoms with E-state index >= 15 is 0 Å². The Labute approximate surface area is 131 Å². The minimum absolute atomic E-state index is 0.591. The Hall–Kier alpha value is -1.03. The van der Waals surface area contributed by atoms with Crippen LogP contribution in [0.2, 0.25) is 0 Å². The maximum Gasteiger partial charge on any atom is 0.120 e. The first kappa shape index (κ1) is 18.0. The van der Waals surface area contributed by atoms with Gasteiger partial charge in [-0.3, -0.25) is 4.21 Å². The maximum absolute atomic E-state index is 12.3. The molecule has 21 heavy (non-hydrogen) atoms. The van der Waals surface area contributed by atoms with E-state index in [9.17, 15) is 4.21 Å². The molecule has 0 saturated carbocycles. The van der Waals surface area contributed by atoms with Gasteiger partial charge in [-0.25, -0.2) is 0 Å². The number of methoxy groups -OCH3 is 1. The molecule has 4 heteroatoms. The molecule has 0 aliphatic heterocycles. The Kier molecular flexibility index (Phi) is 9.15. The largest absolute Gasteiger partial charge is 0.497 e. The Bertz CT molecular complexity index is 435. The van der Waals surface area contributed by atoms with Gasteiger partial charge in [-0.15, -0.1) is 0 Å². The Morgan fingerprint density at radius 1 is 1.05 bits per heavy atom. The predicted molar refractivity (Wildman–Crippen MR) is 91.3 cm³/mol. The molecule has 0 spiro atoms. The van der Waals surface area contributed by atoms with Crippen molar-refractivity contribution in [2.75, 3.05) is 18.6 Å². The monoisotopic (exact) mass is 311 g/mol. The van der Waals surface area contributed by atoms with Crippen LogP contribution in [0.3, 0.4) is 0 Å². The normalized spacial score (nSPS) is 12.3. The lowest BCUT2D eigenvalue weighted by Crippen LogP contribution is -2.03. The van der Waals surface area contributed by atoms with Crippen molar-refractivity contribution >= 4 is 16.5 Å². The van der Waals surface area contributed by atoms with Crippen molar-refractivity contribution in [2.24, 2.45) is 0 Å². The molecular weight excluding hydrogens is 282 g/mol. The van der Waals surface area contributed by atoms with E-state index in [0.717, 1.165) is 12.8 Å². The lowest BCUT2D eigenvalue weighted by Gasteiger charge is -2.08. The second kappa shape index (κ2) is 10.7. The van der Waals surface area contributed by atoms with Crippen LogP contribution in [-0.2, 0) is 10.8 Å². The zero-order valence-electron chi connectivity index (χ0n) is 13.4. The van der Waals surface area contributed by atoms with Crippen LogP contribution in [-0.4, -0.2) is 17.1 Å². The maximum atomic E-state index is 12.3. The number of ether oxygens (including phenoxy) is 1. The summed E-state index contributed by atoms with van der Waals surface area (Å²) in [5.41, 5.74) is 6.49. The van der Waals surface area contributed by atoms with Gasteiger partial charge in [0.1, 0.15) is 5.75 Å². The zero-order chi connectivity index (χ0) is 15.5. The molecule has 1 rings (SSSR count). The first-order chi connectivity index (χ1) is 10.2. The van der Waals surface area contributed by atoms with Gasteiger partial charge in [0.05, 0.1) is 22.8 Å². The highest BCUT2D eigenvalue weighted by molar-refractivity contribution is 7.85. The van der Waals surface area contributed by atoms with Crippen molar-refractivity contribution in [2.45, 2.75) is 63.2 Å². The Morgan fingerprint density at radius 2 is 1.67 bits per heavy atom. The number of unbranched alkanes of at least 4 members (excludes halogenated alkanes) is 7. The van der Waals surface area contributed by atoms with Gasteiger partial charge in [-0.1, -0.05) is 51.9 Å². The number of nitrogens with two attached hydrogens (primary N) is 1. The second-order valence-electron chi connectivity index (χ2n) is 5.43. The second-order valence-corrected chi connectivity index (χ2v) is 6.97. The quantitative estimate of drug-likeness (QED) is 0.482. The molecule has 0 bridgehead atoms. The lowest BCUT2D eigenvalue weighted by atomic mass is 10.1. The molecule has 0 aromatic heterocycles. The van der Waals surface area contributed by atoms with Gasteiger partial charge in [-0.05, 0) is 24.6 Å². The van der Waals surface area contributed by atoms with Gasteiger partial charge in [0.15, 0.2) is 0 Å². The number of rotatable bonds is 11. The molecule has 0 aliphatic carbocycles. The summed E-state index contributed by atoms with van der Waals surface area (Å²) in [5, 5.41) is 0. The summed E-state index contributed by atoms with van der Waals surface area (Å²) in [6.07, 6.45) is 10.0. The molecule has 1 aromatic carbocycles. The standard InChI is InChI=1S/C17H29NO2S/c1-3-4-5-6-7-8-9-10-13-21(19)17-14-15(20-2)11-12-16(17)18/h11-12,14H,3-10,13,18H2,1-2H3. The summed E-state index contributed by atoms with van der Waals surface area (Å²) >= 11 is 0. The van der Waals surface area contributed by atoms with Gasteiger partial charge < -0.3 is 10.5 Å². The molecule has 3 nitrogen and oxygen atoms in total. The van der Waals surface area contributed by atoms with E-state index in [4.69, 9.17) is 10.5 Å². The van der Waals surface area contributed by atoms with Crippen molar-refractivity contribution < 1.29 is 8.95 Å². The Balaban J connectivity index is 2.25. The lowest BCUT2D eigenvalue weighted by molar-refractivity contribution is 0.413. The highest BCUT2D eigenvalue weighted by Gasteiger charge is 2.09. The van der Waals surface area contributed by atoms with Crippen LogP contribution in [0.1, 0.15) is 58.3 Å². The number of benzene rings is 1. The topological polar surface area (TPSA) is 52.3 Å². The molecule has 0 aliphatic rings. The molecule has 1 atom stereocenters. The fourth-order valence-electron chi connectivity index (χ4n) is 2.32. The van der Waals surface area contributed by atoms with E-state index in [-0.39, 0.29) is 0 Å². The van der Waals surface area contributed by atoms with Crippen molar-refractivity contribution in [3.8, 4) is 5.75 Å². The predicted octanol–water partition coefficient (Wildman–Crippen LogP) is 4.53. The van der Waals surface area contributed by atoms with Crippen LogP contribution >= 0.6 is 0 Å². The molecule has 2 N–H and O–H groups in total. The van der Waals surface area contributed by atoms with Crippen LogP contribution in [0.25, 0.3) is 0 Å². The van der Waals surface area contributed by atoms with E-state index in [1.807, 2.05) is 0 Å². The van der Waals surface area contributed by atoms with Crippen LogP contribution in [0.5, 0.6) is 5.75 Å². The number of hydrogen-bond donors (Lipinski definition) is 1. The summed E-state index contributed by atoms with van der Waals surface area (Å²) in [4.78, 5) is 0.706. The molecule has 0 amide bonds. The minimum atomic E-state index is -1.02. The van der Waals surface area contributed by atoms with E-state index in [1.165, 1.54) is 38.5 Å². The van der Waals surface area contributed by atoms with Crippen molar-refractivity contribution in [1.29, 1.82) is 0 Å². The van der Waals surface area contributed by atoms with Gasteiger partial charge in [0.25, 0.3) is 0 Å². The van der Waals surface area contributed by atoms with Crippen LogP contribution in [0, 0.1) is 0 Å². The van der Waals surface area contributed by atoms with Gasteiger partial charge in [-0.2, -0.15) is 0 Å². The molecule has 1 aromatic rings. The molecular formula is C17H29NO2S. The summed E-state index contributed by atoms with van der Waals surface area (Å²) < 4.78 is 17.4. The van der Waals surface area contributed by atoms with Crippen LogP contribution in [0.15, 0.2) is 23.1 Å². The van der Waals surface area contributed by atoms with Crippen molar-refractivity contribution in [3.63, 3.8) is 0 Å². The average Bonchev–Trinajstić information content (AvgIpc) is 2.50. The molecule has 0 radical (unpaired) electrons. The van der Waals surface area contributed by atoms with E-state index < -0.39 is 10.8 Å². The fourth-order valence-corrected chi connectivity index (χ4v) is 3.58. The third-order valence-electron chi connectivity index (χ3n) is 3.65. The zero-order valence-corrected chi connectivity index (χ0v) is 14.2. The molecule has 0 fully saturated rings. The SMILES string of the molecule is CCCCCCCCCCS(=O)c1cc(OC)ccc1N. The number of anilines is 1. The smallest absolute Gasteiger partial charge is 0.120 e. The highest BCUT2D eigenvalue weighted by Crippen LogP contribution is 2.23. The number of hydrogen-bond acceptors (Lipinski definition) is 3. The first-order valence-corrected chi connectivity index (χ1v) is 9.32. The fraction of sp³-hybridized carbons (Fsp3) is 0.647. The van der Waals surface area contributed by atoms with Crippen LogP contribution < -0.4 is 10.5 Å². The summed E-state index contributed by atoms with van der Waals surface area (Å²) in [6, 6.07) is 5.35. The van der Waals surface area contributed by atoms with E-state index in [0.29, 0.717) is 22.1 Å². The average molecular weight is 311 g/mol. The van der Waals surface area contributed by atoms with Crippen LogP contribution in [0.4, 0.5) is 5.69 Å². The van der Waals surface area contributed by atoms with Gasteiger partial charge in [0.2, 0.25) is 0 Å². The first-order valence-electron chi connectivity index (χ1n) is 8.01. The molecule has 1 unspecified atom stereocenters. The summed E-state index contributed by atoms with van der Waals surface area (Å²) in [7, 11) is 0.586. The molecule has 0 heterocycles. The summed E-state index contributed by atoms with van der Waals surface area (Å²) in [6.45, 7) is 2.24. The van der Waals surface area contributed by atoms with Gasteiger partial charge in [0, 0.05) is 11.4 Å². The minimum Gasteiger partial charge on any atom is -0.497 e. The molecule has 0 saturated heterocycles.